The Morgan fingerprint density at radius 2 is 2.00 bits per heavy atom. The molecule has 0 radical (unpaired) electrons. The zero-order valence-electron chi connectivity index (χ0n) is 14.8. The third-order valence-electron chi connectivity index (χ3n) is 3.71. The fourth-order valence-corrected chi connectivity index (χ4v) is 2.34. The molecule has 2 rings (SSSR count). The summed E-state index contributed by atoms with van der Waals surface area (Å²) in [5.74, 6) is 2.59. The molecule has 0 atom stereocenters. The quantitative estimate of drug-likeness (QED) is 0.458. The van der Waals surface area contributed by atoms with E-state index in [4.69, 9.17) is 4.74 Å². The standard InChI is InChI=1S/C17H26N6O/c1-13-7-5-8-14(2)16(13)24-10-6-9-19-17(18-3)20-11-15-21-12-22-23(15)4/h5,7-8,12H,6,9-11H2,1-4H3,(H2,18,19,20). The highest BCUT2D eigenvalue weighted by atomic mass is 16.5. The van der Waals surface area contributed by atoms with Crippen molar-refractivity contribution in [1.82, 2.24) is 25.4 Å². The summed E-state index contributed by atoms with van der Waals surface area (Å²) in [6.45, 7) is 6.16. The number of nitrogens with one attached hydrogen (secondary N) is 2. The number of hydrogen-bond acceptors (Lipinski definition) is 4. The van der Waals surface area contributed by atoms with E-state index >= 15 is 0 Å². The molecule has 0 saturated heterocycles. The fraction of sp³-hybridized carbons (Fsp3) is 0.471. The average Bonchev–Trinajstić information content (AvgIpc) is 2.97. The van der Waals surface area contributed by atoms with Crippen LogP contribution in [0.1, 0.15) is 23.4 Å². The van der Waals surface area contributed by atoms with Crippen LogP contribution in [-0.4, -0.2) is 40.9 Å². The highest BCUT2D eigenvalue weighted by Crippen LogP contribution is 2.22. The largest absolute Gasteiger partial charge is 0.493 e. The van der Waals surface area contributed by atoms with Gasteiger partial charge in [-0.15, -0.1) is 0 Å². The van der Waals surface area contributed by atoms with Crippen LogP contribution < -0.4 is 15.4 Å². The third-order valence-corrected chi connectivity index (χ3v) is 3.71. The maximum atomic E-state index is 5.90. The number of nitrogens with zero attached hydrogens (tertiary/aromatic N) is 4. The maximum Gasteiger partial charge on any atom is 0.191 e. The topological polar surface area (TPSA) is 76.4 Å². The fourth-order valence-electron chi connectivity index (χ4n) is 2.34. The highest BCUT2D eigenvalue weighted by molar-refractivity contribution is 5.79. The summed E-state index contributed by atoms with van der Waals surface area (Å²) < 4.78 is 7.63. The van der Waals surface area contributed by atoms with Gasteiger partial charge < -0.3 is 15.4 Å². The first-order valence-corrected chi connectivity index (χ1v) is 8.08. The summed E-state index contributed by atoms with van der Waals surface area (Å²) in [5.41, 5.74) is 2.34. The van der Waals surface area contributed by atoms with Gasteiger partial charge in [0.15, 0.2) is 5.96 Å². The molecule has 0 fully saturated rings. The Labute approximate surface area is 143 Å². The van der Waals surface area contributed by atoms with Crippen molar-refractivity contribution in [2.24, 2.45) is 12.0 Å². The van der Waals surface area contributed by atoms with Crippen LogP contribution in [0.3, 0.4) is 0 Å². The van der Waals surface area contributed by atoms with Gasteiger partial charge in [0.25, 0.3) is 0 Å². The summed E-state index contributed by atoms with van der Waals surface area (Å²) in [4.78, 5) is 8.37. The van der Waals surface area contributed by atoms with Gasteiger partial charge >= 0.3 is 0 Å². The van der Waals surface area contributed by atoms with Crippen LogP contribution in [0.15, 0.2) is 29.5 Å². The summed E-state index contributed by atoms with van der Waals surface area (Å²) in [7, 11) is 3.62. The molecule has 2 N–H and O–H groups in total. The summed E-state index contributed by atoms with van der Waals surface area (Å²) in [6.07, 6.45) is 2.43. The third kappa shape index (κ3) is 4.97. The molecule has 0 amide bonds. The van der Waals surface area contributed by atoms with Crippen molar-refractivity contribution in [3.8, 4) is 5.75 Å². The predicted octanol–water partition coefficient (Wildman–Crippen LogP) is 1.57. The first-order valence-electron chi connectivity index (χ1n) is 8.08. The number of aliphatic imine (C=N–C) groups is 1. The van der Waals surface area contributed by atoms with Crippen molar-refractivity contribution in [3.63, 3.8) is 0 Å². The minimum absolute atomic E-state index is 0.578. The van der Waals surface area contributed by atoms with Crippen LogP contribution in [0.25, 0.3) is 0 Å². The molecule has 0 spiro atoms. The van der Waals surface area contributed by atoms with Crippen molar-refractivity contribution in [2.45, 2.75) is 26.8 Å². The minimum atomic E-state index is 0.578. The summed E-state index contributed by atoms with van der Waals surface area (Å²) in [6, 6.07) is 6.18. The second-order valence-corrected chi connectivity index (χ2v) is 5.58. The zero-order chi connectivity index (χ0) is 17.4. The van der Waals surface area contributed by atoms with E-state index in [0.29, 0.717) is 13.2 Å². The number of guanidine groups is 1. The predicted molar refractivity (Wildman–Crippen MR) is 95.2 cm³/mol. The van der Waals surface area contributed by atoms with Crippen molar-refractivity contribution >= 4 is 5.96 Å². The lowest BCUT2D eigenvalue weighted by atomic mass is 10.1. The van der Waals surface area contributed by atoms with Crippen LogP contribution in [-0.2, 0) is 13.6 Å². The van der Waals surface area contributed by atoms with E-state index in [-0.39, 0.29) is 0 Å². The van der Waals surface area contributed by atoms with Gasteiger partial charge in [0.1, 0.15) is 17.9 Å². The number of para-hydroxylation sites is 1. The Morgan fingerprint density at radius 1 is 1.25 bits per heavy atom. The molecule has 130 valence electrons. The van der Waals surface area contributed by atoms with Crippen molar-refractivity contribution in [2.75, 3.05) is 20.2 Å². The van der Waals surface area contributed by atoms with Crippen LogP contribution in [0.2, 0.25) is 0 Å². The molecule has 24 heavy (non-hydrogen) atoms. The van der Waals surface area contributed by atoms with E-state index in [1.165, 1.54) is 17.5 Å². The molecular weight excluding hydrogens is 304 g/mol. The van der Waals surface area contributed by atoms with Gasteiger partial charge in [-0.25, -0.2) is 4.98 Å². The first-order chi connectivity index (χ1) is 11.6. The van der Waals surface area contributed by atoms with Crippen molar-refractivity contribution < 1.29 is 4.74 Å². The molecule has 1 aromatic carbocycles. The van der Waals surface area contributed by atoms with Gasteiger partial charge in [0.05, 0.1) is 13.2 Å². The van der Waals surface area contributed by atoms with Crippen LogP contribution >= 0.6 is 0 Å². The summed E-state index contributed by atoms with van der Waals surface area (Å²) >= 11 is 0. The van der Waals surface area contributed by atoms with Gasteiger partial charge in [0.2, 0.25) is 0 Å². The van der Waals surface area contributed by atoms with Gasteiger partial charge in [-0.05, 0) is 31.4 Å². The molecule has 0 unspecified atom stereocenters. The molecule has 1 heterocycles. The zero-order valence-corrected chi connectivity index (χ0v) is 14.8. The lowest BCUT2D eigenvalue weighted by Crippen LogP contribution is -2.38. The molecule has 0 aliphatic rings. The second-order valence-electron chi connectivity index (χ2n) is 5.58. The Morgan fingerprint density at radius 3 is 2.62 bits per heavy atom. The lowest BCUT2D eigenvalue weighted by molar-refractivity contribution is 0.307. The van der Waals surface area contributed by atoms with Gasteiger partial charge in [-0.3, -0.25) is 9.67 Å². The van der Waals surface area contributed by atoms with E-state index in [1.54, 1.807) is 11.7 Å². The molecule has 0 saturated carbocycles. The molecule has 0 aliphatic heterocycles. The number of aryl methyl sites for hydroxylation is 3. The number of hydrogen-bond donors (Lipinski definition) is 2. The van der Waals surface area contributed by atoms with Gasteiger partial charge in [0, 0.05) is 20.6 Å². The normalized spacial score (nSPS) is 11.4. The smallest absolute Gasteiger partial charge is 0.191 e. The van der Waals surface area contributed by atoms with Gasteiger partial charge in [-0.2, -0.15) is 5.10 Å². The number of rotatable bonds is 7. The number of ether oxygens (including phenoxy) is 1. The SMILES string of the molecule is CN=C(NCCCOc1c(C)cccc1C)NCc1ncnn1C. The Bertz CT molecular complexity index is 659. The second kappa shape index (κ2) is 8.90. The molecule has 0 bridgehead atoms. The van der Waals surface area contributed by atoms with Crippen LogP contribution in [0.5, 0.6) is 5.75 Å². The molecule has 7 nitrogen and oxygen atoms in total. The Balaban J connectivity index is 1.68. The van der Waals surface area contributed by atoms with E-state index in [0.717, 1.165) is 30.5 Å². The monoisotopic (exact) mass is 330 g/mol. The molecule has 7 heteroatoms. The van der Waals surface area contributed by atoms with E-state index in [9.17, 15) is 0 Å². The summed E-state index contributed by atoms with van der Waals surface area (Å²) in [5, 5.41) is 10.5. The molecule has 0 aliphatic carbocycles. The van der Waals surface area contributed by atoms with Gasteiger partial charge in [-0.1, -0.05) is 18.2 Å². The maximum absolute atomic E-state index is 5.90. The van der Waals surface area contributed by atoms with Crippen LogP contribution in [0.4, 0.5) is 0 Å². The first kappa shape index (κ1) is 17.8. The number of aromatic nitrogens is 3. The van der Waals surface area contributed by atoms with E-state index in [1.807, 2.05) is 13.1 Å². The number of benzene rings is 1. The van der Waals surface area contributed by atoms with Crippen molar-refractivity contribution in [1.29, 1.82) is 0 Å². The molecular formula is C17H26N6O. The molecule has 2 aromatic rings. The Hall–Kier alpha value is -2.57. The van der Waals surface area contributed by atoms with Crippen molar-refractivity contribution in [3.05, 3.63) is 41.5 Å². The van der Waals surface area contributed by atoms with E-state index < -0.39 is 0 Å². The average molecular weight is 330 g/mol. The minimum Gasteiger partial charge on any atom is -0.493 e. The Kier molecular flexibility index (Phi) is 6.60. The van der Waals surface area contributed by atoms with E-state index in [2.05, 4.69) is 51.7 Å². The molecule has 1 aromatic heterocycles. The van der Waals surface area contributed by atoms with Crippen LogP contribution in [0, 0.1) is 13.8 Å². The highest BCUT2D eigenvalue weighted by Gasteiger charge is 2.04. The lowest BCUT2D eigenvalue weighted by Gasteiger charge is -2.13.